The van der Waals surface area contributed by atoms with Crippen LogP contribution in [0.4, 0.5) is 0 Å². The van der Waals surface area contributed by atoms with Crippen LogP contribution in [0.15, 0.2) is 48.5 Å². The average Bonchev–Trinajstić information content (AvgIpc) is 2.55. The number of nitrogens with one attached hydrogen (secondary N) is 1. The summed E-state index contributed by atoms with van der Waals surface area (Å²) in [6, 6.07) is 13.0. The zero-order valence-corrected chi connectivity index (χ0v) is 16.1. The number of ether oxygens (including phenoxy) is 1. The van der Waals surface area contributed by atoms with Crippen LogP contribution in [0.25, 0.3) is 0 Å². The van der Waals surface area contributed by atoms with Crippen molar-refractivity contribution in [3.8, 4) is 5.75 Å². The van der Waals surface area contributed by atoms with Gasteiger partial charge in [-0.15, -0.1) is 0 Å². The average molecular weight is 402 g/mol. The highest BCUT2D eigenvalue weighted by Crippen LogP contribution is 2.42. The van der Waals surface area contributed by atoms with Crippen LogP contribution in [0.1, 0.15) is 12.5 Å². The van der Waals surface area contributed by atoms with Gasteiger partial charge in [-0.3, -0.25) is 9.36 Å². The Labute approximate surface area is 156 Å². The van der Waals surface area contributed by atoms with Gasteiger partial charge in [0.15, 0.2) is 0 Å². The van der Waals surface area contributed by atoms with Gasteiger partial charge in [0.2, 0.25) is 0 Å². The first-order valence-corrected chi connectivity index (χ1v) is 10.3. The zero-order chi connectivity index (χ0) is 18.4. The van der Waals surface area contributed by atoms with Gasteiger partial charge in [0.05, 0.1) is 5.02 Å². The van der Waals surface area contributed by atoms with Crippen molar-refractivity contribution in [1.29, 1.82) is 0 Å². The molecule has 2 rings (SSSR count). The highest BCUT2D eigenvalue weighted by atomic mass is 35.5. The van der Waals surface area contributed by atoms with E-state index in [4.69, 9.17) is 32.5 Å². The molecule has 0 saturated carbocycles. The summed E-state index contributed by atoms with van der Waals surface area (Å²) < 4.78 is 23.2. The number of halogens is 2. The minimum atomic E-state index is -3.34. The third-order valence-corrected chi connectivity index (χ3v) is 5.10. The zero-order valence-electron chi connectivity index (χ0n) is 13.7. The van der Waals surface area contributed by atoms with Gasteiger partial charge in [-0.1, -0.05) is 53.5 Å². The van der Waals surface area contributed by atoms with Gasteiger partial charge in [-0.25, -0.2) is 5.09 Å². The molecule has 0 aromatic heterocycles. The third-order valence-electron chi connectivity index (χ3n) is 3.17. The van der Waals surface area contributed by atoms with E-state index in [1.165, 1.54) is 18.8 Å². The van der Waals surface area contributed by atoms with E-state index in [1.807, 2.05) is 30.3 Å². The van der Waals surface area contributed by atoms with Gasteiger partial charge < -0.3 is 9.26 Å². The first kappa shape index (κ1) is 19.8. The summed E-state index contributed by atoms with van der Waals surface area (Å²) in [5.41, 5.74) is 0.868. The van der Waals surface area contributed by atoms with Crippen molar-refractivity contribution in [2.45, 2.75) is 19.6 Å². The Morgan fingerprint density at radius 2 is 1.88 bits per heavy atom. The monoisotopic (exact) mass is 401 g/mol. The van der Waals surface area contributed by atoms with Crippen molar-refractivity contribution in [2.24, 2.45) is 0 Å². The van der Waals surface area contributed by atoms with E-state index in [1.54, 1.807) is 13.0 Å². The Hall–Kier alpha value is -1.52. The number of carbonyl (C=O) groups is 1. The van der Waals surface area contributed by atoms with Gasteiger partial charge in [0, 0.05) is 11.7 Å². The smallest absolute Gasteiger partial charge is 0.323 e. The predicted molar refractivity (Wildman–Crippen MR) is 99.5 cm³/mol. The summed E-state index contributed by atoms with van der Waals surface area (Å²) in [7, 11) is -3.34. The Morgan fingerprint density at radius 1 is 1.20 bits per heavy atom. The fourth-order valence-corrected chi connectivity index (χ4v) is 3.92. The second kappa shape index (κ2) is 8.72. The third kappa shape index (κ3) is 6.37. The molecule has 0 radical (unpaired) electrons. The van der Waals surface area contributed by atoms with Crippen molar-refractivity contribution < 1.29 is 18.6 Å². The van der Waals surface area contributed by atoms with E-state index < -0.39 is 19.5 Å². The first-order chi connectivity index (χ1) is 11.8. The van der Waals surface area contributed by atoms with Crippen molar-refractivity contribution in [2.75, 3.05) is 6.66 Å². The number of benzene rings is 2. The molecule has 2 aromatic rings. The predicted octanol–water partition coefficient (Wildman–Crippen LogP) is 4.92. The number of rotatable bonds is 7. The van der Waals surface area contributed by atoms with Crippen LogP contribution >= 0.6 is 30.7 Å². The van der Waals surface area contributed by atoms with E-state index in [0.29, 0.717) is 5.02 Å². The highest BCUT2D eigenvalue weighted by molar-refractivity contribution is 7.56. The van der Waals surface area contributed by atoms with Crippen molar-refractivity contribution in [3.63, 3.8) is 0 Å². The molecule has 1 N–H and O–H groups in total. The number of hydrogen-bond donors (Lipinski definition) is 1. The molecule has 0 amide bonds. The summed E-state index contributed by atoms with van der Waals surface area (Å²) in [6.45, 7) is 3.05. The van der Waals surface area contributed by atoms with E-state index in [-0.39, 0.29) is 17.4 Å². The number of hydrogen-bond acceptors (Lipinski definition) is 4. The molecule has 2 aromatic carbocycles. The molecule has 8 heteroatoms. The molecule has 0 fully saturated rings. The summed E-state index contributed by atoms with van der Waals surface area (Å²) in [5.74, 6) is -0.314. The SMILES string of the molecule is C[C@H](NP(C)(=O)Oc1ccc(Cl)cc1Cl)C(=O)OCc1ccccc1. The van der Waals surface area contributed by atoms with Gasteiger partial charge in [-0.2, -0.15) is 0 Å². The molecule has 0 bridgehead atoms. The molecule has 5 nitrogen and oxygen atoms in total. The van der Waals surface area contributed by atoms with Gasteiger partial charge in [-0.05, 0) is 30.7 Å². The van der Waals surface area contributed by atoms with Gasteiger partial charge >= 0.3 is 13.5 Å². The molecule has 0 spiro atoms. The largest absolute Gasteiger partial charge is 0.460 e. The van der Waals surface area contributed by atoms with Gasteiger partial charge in [0.25, 0.3) is 0 Å². The summed E-state index contributed by atoms with van der Waals surface area (Å²) >= 11 is 11.8. The molecule has 2 atom stereocenters. The maximum absolute atomic E-state index is 12.6. The lowest BCUT2D eigenvalue weighted by molar-refractivity contribution is -0.146. The maximum Gasteiger partial charge on any atom is 0.323 e. The summed E-state index contributed by atoms with van der Waals surface area (Å²) in [6.07, 6.45) is 0. The minimum absolute atomic E-state index is 0.142. The molecular weight excluding hydrogens is 384 g/mol. The van der Waals surface area contributed by atoms with Crippen LogP contribution in [-0.2, 0) is 20.7 Å². The normalized spacial score (nSPS) is 14.4. The second-order valence-electron chi connectivity index (χ2n) is 5.46. The Kier molecular flexibility index (Phi) is 6.91. The summed E-state index contributed by atoms with van der Waals surface area (Å²) in [5, 5.41) is 3.32. The fraction of sp³-hybridized carbons (Fsp3) is 0.235. The van der Waals surface area contributed by atoms with Crippen LogP contribution < -0.4 is 9.61 Å². The molecule has 134 valence electrons. The lowest BCUT2D eigenvalue weighted by atomic mass is 10.2. The minimum Gasteiger partial charge on any atom is -0.460 e. The van der Waals surface area contributed by atoms with E-state index >= 15 is 0 Å². The van der Waals surface area contributed by atoms with E-state index in [9.17, 15) is 9.36 Å². The first-order valence-electron chi connectivity index (χ1n) is 7.47. The Bertz CT molecular complexity index is 785. The Balaban J connectivity index is 1.92. The van der Waals surface area contributed by atoms with Crippen molar-refractivity contribution >= 4 is 36.7 Å². The quantitative estimate of drug-likeness (QED) is 0.526. The van der Waals surface area contributed by atoms with Crippen molar-refractivity contribution in [3.05, 3.63) is 64.1 Å². The molecule has 0 aliphatic rings. The highest BCUT2D eigenvalue weighted by Gasteiger charge is 2.26. The van der Waals surface area contributed by atoms with Crippen LogP contribution in [0.2, 0.25) is 10.0 Å². The Morgan fingerprint density at radius 3 is 2.52 bits per heavy atom. The van der Waals surface area contributed by atoms with Crippen LogP contribution in [0.5, 0.6) is 5.75 Å². The number of esters is 1. The molecule has 0 heterocycles. The topological polar surface area (TPSA) is 64.6 Å². The number of carbonyl (C=O) groups excluding carboxylic acids is 1. The van der Waals surface area contributed by atoms with Gasteiger partial charge in [0.1, 0.15) is 18.4 Å². The van der Waals surface area contributed by atoms with Crippen LogP contribution in [0, 0.1) is 0 Å². The molecule has 0 aliphatic carbocycles. The molecule has 0 saturated heterocycles. The maximum atomic E-state index is 12.6. The van der Waals surface area contributed by atoms with Crippen LogP contribution in [0.3, 0.4) is 0 Å². The molecule has 25 heavy (non-hydrogen) atoms. The van der Waals surface area contributed by atoms with E-state index in [0.717, 1.165) is 5.56 Å². The van der Waals surface area contributed by atoms with E-state index in [2.05, 4.69) is 5.09 Å². The molecule has 0 aliphatic heterocycles. The lowest BCUT2D eigenvalue weighted by Crippen LogP contribution is -2.34. The molecular formula is C17H18Cl2NO4P. The van der Waals surface area contributed by atoms with Crippen LogP contribution in [-0.4, -0.2) is 18.7 Å². The second-order valence-corrected chi connectivity index (χ2v) is 8.43. The summed E-state index contributed by atoms with van der Waals surface area (Å²) in [4.78, 5) is 12.1. The standard InChI is InChI=1S/C17H18Cl2NO4P/c1-12(17(21)23-11-13-6-4-3-5-7-13)20-25(2,22)24-16-9-8-14(18)10-15(16)19/h3-10,12H,11H2,1-2H3,(H,20,22)/t12-,25?/m0/s1. The fourth-order valence-electron chi connectivity index (χ4n) is 2.02. The lowest BCUT2D eigenvalue weighted by Gasteiger charge is -2.20. The van der Waals surface area contributed by atoms with Crippen molar-refractivity contribution in [1.82, 2.24) is 5.09 Å². The molecule has 1 unspecified atom stereocenters.